The molecule has 2 radical (unpaired) electrons. The van der Waals surface area contributed by atoms with Gasteiger partial charge in [-0.3, -0.25) is 0 Å². The molecule has 0 aromatic carbocycles. The van der Waals surface area contributed by atoms with E-state index in [9.17, 15) is 0 Å². The molecular weight excluding hydrogens is 68.0 g/mol. The van der Waals surface area contributed by atoms with Gasteiger partial charge in [-0.25, -0.2) is 0 Å². The third kappa shape index (κ3) is 0.597. The zero-order valence-corrected chi connectivity index (χ0v) is 2.73. The summed E-state index contributed by atoms with van der Waals surface area (Å²) in [5.74, 6) is 0. The smallest absolute Gasteiger partial charge is 0.250 e. The van der Waals surface area contributed by atoms with Crippen LogP contribution in [0.25, 0.3) is 0 Å². The van der Waals surface area contributed by atoms with Crippen molar-refractivity contribution < 1.29 is 9.47 Å². The molecule has 5 heavy (non-hydrogen) atoms. The van der Waals surface area contributed by atoms with E-state index in [4.69, 9.17) is 0 Å². The molecule has 0 aromatic heterocycles. The lowest BCUT2D eigenvalue weighted by Gasteiger charge is -1.73. The Labute approximate surface area is 30.7 Å². The van der Waals surface area contributed by atoms with Gasteiger partial charge in [-0.2, -0.15) is 0 Å². The fourth-order valence-electron chi connectivity index (χ4n) is 0.113. The summed E-state index contributed by atoms with van der Waals surface area (Å²) in [6, 6.07) is 0. The van der Waals surface area contributed by atoms with Gasteiger partial charge in [-0.05, 0) is 0 Å². The van der Waals surface area contributed by atoms with Gasteiger partial charge < -0.3 is 9.47 Å². The van der Waals surface area contributed by atoms with Crippen molar-refractivity contribution in [3.05, 3.63) is 13.4 Å². The Morgan fingerprint density at radius 2 is 2.60 bits per heavy atom. The topological polar surface area (TPSA) is 21.8 Å². The summed E-state index contributed by atoms with van der Waals surface area (Å²) >= 11 is 0. The van der Waals surface area contributed by atoms with Crippen LogP contribution in [-0.4, -0.2) is 6.61 Å². The highest BCUT2D eigenvalue weighted by Crippen LogP contribution is 2.18. The van der Waals surface area contributed by atoms with Crippen LogP contribution in [0, 0.1) is 13.4 Å². The first kappa shape index (κ1) is 3.12. The van der Waals surface area contributed by atoms with Crippen molar-refractivity contribution in [2.75, 3.05) is 6.61 Å². The van der Waals surface area contributed by atoms with Gasteiger partial charge in [0.2, 0.25) is 0 Å². The van der Waals surface area contributed by atoms with E-state index in [0.29, 0.717) is 12.9 Å². The van der Waals surface area contributed by atoms with Gasteiger partial charge in [-0.15, -0.1) is 0 Å². The van der Waals surface area contributed by atoms with E-state index in [0.717, 1.165) is 0 Å². The molecule has 1 saturated heterocycles. The molecule has 0 bridgehead atoms. The van der Waals surface area contributed by atoms with Crippen LogP contribution in [0.3, 0.4) is 0 Å². The molecule has 0 aromatic rings. The second-order valence-electron chi connectivity index (χ2n) is 0.805. The van der Waals surface area contributed by atoms with Gasteiger partial charge in [-0.1, -0.05) is 0 Å². The molecular formula is C3H4O2. The maximum Gasteiger partial charge on any atom is 0.250 e. The molecule has 1 fully saturated rings. The van der Waals surface area contributed by atoms with E-state index in [1.54, 1.807) is 0 Å². The summed E-state index contributed by atoms with van der Waals surface area (Å²) in [6.45, 7) is 0.642. The van der Waals surface area contributed by atoms with E-state index in [-0.39, 0.29) is 0 Å². The second-order valence-corrected chi connectivity index (χ2v) is 0.805. The maximum absolute atomic E-state index is 4.49. The lowest BCUT2D eigenvalue weighted by molar-refractivity contribution is 0.217. The number of ether oxygens (including phenoxy) is 2. The Bertz CT molecular complexity index is 31.9. The lowest BCUT2D eigenvalue weighted by Crippen LogP contribution is -1.67. The minimum Gasteiger partial charge on any atom is -0.341 e. The van der Waals surface area contributed by atoms with E-state index in [1.807, 2.05) is 0 Å². The fraction of sp³-hybridized carbons (Fsp3) is 0.333. The van der Waals surface area contributed by atoms with Crippen LogP contribution in [0.5, 0.6) is 0 Å². The van der Waals surface area contributed by atoms with E-state index < -0.39 is 0 Å². The second kappa shape index (κ2) is 0.954. The SMILES string of the molecule is [CH2]O[C]1CO1. The van der Waals surface area contributed by atoms with Crippen molar-refractivity contribution in [2.45, 2.75) is 0 Å². The zero-order chi connectivity index (χ0) is 3.70. The molecule has 0 N–H and O–H groups in total. The predicted octanol–water partition coefficient (Wildman–Crippen LogP) is 0.314. The van der Waals surface area contributed by atoms with Gasteiger partial charge in [0.25, 0.3) is 6.29 Å². The molecule has 0 atom stereocenters. The van der Waals surface area contributed by atoms with Crippen LogP contribution in [0.1, 0.15) is 0 Å². The Morgan fingerprint density at radius 1 is 2.00 bits per heavy atom. The molecule has 2 nitrogen and oxygen atoms in total. The third-order valence-electron chi connectivity index (χ3n) is 0.423. The highest BCUT2D eigenvalue weighted by atomic mass is 16.8. The van der Waals surface area contributed by atoms with Crippen LogP contribution in [-0.2, 0) is 9.47 Å². The first-order valence-corrected chi connectivity index (χ1v) is 1.34. The molecule has 1 rings (SSSR count). The van der Waals surface area contributed by atoms with E-state index in [2.05, 4.69) is 16.6 Å². The van der Waals surface area contributed by atoms with Crippen molar-refractivity contribution >= 4 is 0 Å². The maximum atomic E-state index is 4.49. The predicted molar refractivity (Wildman–Crippen MR) is 15.6 cm³/mol. The van der Waals surface area contributed by atoms with Crippen molar-refractivity contribution in [3.8, 4) is 0 Å². The van der Waals surface area contributed by atoms with Crippen LogP contribution in [0.15, 0.2) is 0 Å². The van der Waals surface area contributed by atoms with Crippen molar-refractivity contribution in [1.29, 1.82) is 0 Å². The number of hydrogen-bond donors (Lipinski definition) is 0. The van der Waals surface area contributed by atoms with Gasteiger partial charge in [0.1, 0.15) is 6.61 Å². The molecule has 28 valence electrons. The minimum atomic E-state index is 0.642. The molecule has 1 aliphatic rings. The zero-order valence-electron chi connectivity index (χ0n) is 2.73. The van der Waals surface area contributed by atoms with Crippen LogP contribution in [0.4, 0.5) is 0 Å². The van der Waals surface area contributed by atoms with Gasteiger partial charge >= 0.3 is 0 Å². The third-order valence-corrected chi connectivity index (χ3v) is 0.423. The monoisotopic (exact) mass is 72.0 g/mol. The molecule has 1 aliphatic heterocycles. The summed E-state index contributed by atoms with van der Waals surface area (Å²) < 4.78 is 8.80. The highest BCUT2D eigenvalue weighted by Gasteiger charge is 2.23. The molecule has 0 aliphatic carbocycles. The standard InChI is InChI=1S/C3H4O2/c1-4-3-2-5-3/h1-2H2. The average molecular weight is 72.1 g/mol. The van der Waals surface area contributed by atoms with E-state index in [1.165, 1.54) is 0 Å². The fourth-order valence-corrected chi connectivity index (χ4v) is 0.113. The molecule has 2 heteroatoms. The number of rotatable bonds is 1. The summed E-state index contributed by atoms with van der Waals surface area (Å²) in [6.07, 6.45) is 0.644. The summed E-state index contributed by atoms with van der Waals surface area (Å²) in [7, 11) is 3.09. The average Bonchev–Trinajstić information content (AvgIpc) is 2.12. The summed E-state index contributed by atoms with van der Waals surface area (Å²) in [5, 5.41) is 0. The van der Waals surface area contributed by atoms with Crippen molar-refractivity contribution in [1.82, 2.24) is 0 Å². The first-order chi connectivity index (χ1) is 2.43. The number of hydrogen-bond acceptors (Lipinski definition) is 2. The molecule has 0 saturated carbocycles. The summed E-state index contributed by atoms with van der Waals surface area (Å²) in [4.78, 5) is 0. The highest BCUT2D eigenvalue weighted by molar-refractivity contribution is 4.77. The molecule has 1 heterocycles. The summed E-state index contributed by atoms with van der Waals surface area (Å²) in [5.41, 5.74) is 0. The van der Waals surface area contributed by atoms with Crippen LogP contribution < -0.4 is 0 Å². The van der Waals surface area contributed by atoms with Gasteiger partial charge in [0.05, 0.1) is 7.11 Å². The quantitative estimate of drug-likeness (QED) is 0.416. The Balaban J connectivity index is 2.00. The van der Waals surface area contributed by atoms with Gasteiger partial charge in [0.15, 0.2) is 0 Å². The Hall–Kier alpha value is -0.0800. The largest absolute Gasteiger partial charge is 0.341 e. The van der Waals surface area contributed by atoms with E-state index >= 15 is 0 Å². The number of epoxide rings is 1. The minimum absolute atomic E-state index is 0.642. The molecule has 0 unspecified atom stereocenters. The van der Waals surface area contributed by atoms with Crippen LogP contribution in [0.2, 0.25) is 0 Å². The Morgan fingerprint density at radius 3 is 2.60 bits per heavy atom. The van der Waals surface area contributed by atoms with Crippen LogP contribution >= 0.6 is 0 Å². The van der Waals surface area contributed by atoms with Crippen molar-refractivity contribution in [2.24, 2.45) is 0 Å². The molecule has 0 amide bonds. The normalized spacial score (nSPS) is 23.4. The first-order valence-electron chi connectivity index (χ1n) is 1.34. The van der Waals surface area contributed by atoms with Crippen molar-refractivity contribution in [3.63, 3.8) is 0 Å². The lowest BCUT2D eigenvalue weighted by atomic mass is 10.9. The molecule has 0 spiro atoms. The van der Waals surface area contributed by atoms with Gasteiger partial charge in [0, 0.05) is 0 Å². The Kier molecular flexibility index (Phi) is 0.596.